The van der Waals surface area contributed by atoms with E-state index < -0.39 is 0 Å². The van der Waals surface area contributed by atoms with Crippen LogP contribution in [0.4, 0.5) is 0 Å². The van der Waals surface area contributed by atoms with E-state index in [1.165, 1.54) is 0 Å². The van der Waals surface area contributed by atoms with Crippen molar-refractivity contribution in [3.05, 3.63) is 11.7 Å². The van der Waals surface area contributed by atoms with Crippen LogP contribution in [0.3, 0.4) is 0 Å². The summed E-state index contributed by atoms with van der Waals surface area (Å²) in [6.07, 6.45) is 2.10. The van der Waals surface area contributed by atoms with Crippen LogP contribution in [-0.4, -0.2) is 22.9 Å². The standard InChI is InChI=1S/C8H13N3O2/c1-5-10-8(11-13-5)7(9)6-3-2-4-12-6/h6-7H,2-4,9H2,1H3/t6-,7-/m1/s1. The molecule has 0 aliphatic carbocycles. The van der Waals surface area contributed by atoms with E-state index in [1.807, 2.05) is 0 Å². The van der Waals surface area contributed by atoms with E-state index in [2.05, 4.69) is 10.1 Å². The minimum absolute atomic E-state index is 0.0528. The lowest BCUT2D eigenvalue weighted by molar-refractivity contribution is 0.0870. The highest BCUT2D eigenvalue weighted by molar-refractivity contribution is 4.96. The van der Waals surface area contributed by atoms with Crippen molar-refractivity contribution in [1.29, 1.82) is 0 Å². The molecule has 1 aliphatic heterocycles. The number of aromatic nitrogens is 2. The van der Waals surface area contributed by atoms with Crippen LogP contribution in [0.15, 0.2) is 4.52 Å². The van der Waals surface area contributed by atoms with Gasteiger partial charge in [-0.2, -0.15) is 4.98 Å². The maximum atomic E-state index is 5.90. The van der Waals surface area contributed by atoms with Gasteiger partial charge >= 0.3 is 0 Å². The molecule has 5 nitrogen and oxygen atoms in total. The molecule has 1 aromatic heterocycles. The lowest BCUT2D eigenvalue weighted by atomic mass is 10.1. The average molecular weight is 183 g/mol. The minimum atomic E-state index is -0.250. The third kappa shape index (κ3) is 1.71. The molecule has 1 fully saturated rings. The lowest BCUT2D eigenvalue weighted by Gasteiger charge is -2.13. The Morgan fingerprint density at radius 3 is 3.00 bits per heavy atom. The highest BCUT2D eigenvalue weighted by atomic mass is 16.5. The number of aryl methyl sites for hydroxylation is 1. The molecule has 1 aliphatic rings. The summed E-state index contributed by atoms with van der Waals surface area (Å²) < 4.78 is 10.3. The van der Waals surface area contributed by atoms with Crippen molar-refractivity contribution in [3.8, 4) is 0 Å². The monoisotopic (exact) mass is 183 g/mol. The fourth-order valence-electron chi connectivity index (χ4n) is 1.50. The lowest BCUT2D eigenvalue weighted by Crippen LogP contribution is -2.26. The summed E-state index contributed by atoms with van der Waals surface area (Å²) in [7, 11) is 0. The van der Waals surface area contributed by atoms with Gasteiger partial charge in [0, 0.05) is 13.5 Å². The van der Waals surface area contributed by atoms with E-state index in [-0.39, 0.29) is 12.1 Å². The Hall–Kier alpha value is -0.940. The second-order valence-electron chi connectivity index (χ2n) is 3.25. The van der Waals surface area contributed by atoms with Gasteiger partial charge in [-0.3, -0.25) is 0 Å². The molecule has 2 heterocycles. The molecule has 0 amide bonds. The summed E-state index contributed by atoms with van der Waals surface area (Å²) in [5.74, 6) is 1.09. The van der Waals surface area contributed by atoms with Gasteiger partial charge in [-0.1, -0.05) is 5.16 Å². The van der Waals surface area contributed by atoms with E-state index in [9.17, 15) is 0 Å². The van der Waals surface area contributed by atoms with Crippen LogP contribution in [-0.2, 0) is 4.74 Å². The van der Waals surface area contributed by atoms with Crippen molar-refractivity contribution in [3.63, 3.8) is 0 Å². The third-order valence-corrected chi connectivity index (χ3v) is 2.21. The van der Waals surface area contributed by atoms with E-state index in [4.69, 9.17) is 15.0 Å². The van der Waals surface area contributed by atoms with Crippen LogP contribution in [0.5, 0.6) is 0 Å². The molecule has 0 unspecified atom stereocenters. The Labute approximate surface area is 76.3 Å². The van der Waals surface area contributed by atoms with Crippen molar-refractivity contribution >= 4 is 0 Å². The molecule has 0 spiro atoms. The molecule has 0 bridgehead atoms. The predicted octanol–water partition coefficient (Wildman–Crippen LogP) is 0.557. The first-order valence-electron chi connectivity index (χ1n) is 4.45. The number of nitrogens with two attached hydrogens (primary N) is 1. The van der Waals surface area contributed by atoms with Crippen molar-refractivity contribution in [2.75, 3.05) is 6.61 Å². The van der Waals surface area contributed by atoms with Crippen molar-refractivity contribution in [2.45, 2.75) is 31.9 Å². The quantitative estimate of drug-likeness (QED) is 0.725. The summed E-state index contributed by atoms with van der Waals surface area (Å²) in [6.45, 7) is 2.54. The fraction of sp³-hybridized carbons (Fsp3) is 0.750. The Morgan fingerprint density at radius 2 is 2.46 bits per heavy atom. The van der Waals surface area contributed by atoms with Crippen LogP contribution < -0.4 is 5.73 Å². The zero-order chi connectivity index (χ0) is 9.26. The number of hydrogen-bond donors (Lipinski definition) is 1. The van der Waals surface area contributed by atoms with Gasteiger partial charge in [-0.25, -0.2) is 0 Å². The fourth-order valence-corrected chi connectivity index (χ4v) is 1.50. The molecule has 5 heteroatoms. The Balaban J connectivity index is 2.07. The van der Waals surface area contributed by atoms with Crippen molar-refractivity contribution in [1.82, 2.24) is 10.1 Å². The normalized spacial score (nSPS) is 24.9. The zero-order valence-corrected chi connectivity index (χ0v) is 7.56. The van der Waals surface area contributed by atoms with Gasteiger partial charge in [0.25, 0.3) is 0 Å². The van der Waals surface area contributed by atoms with E-state index in [0.29, 0.717) is 11.7 Å². The van der Waals surface area contributed by atoms with Crippen LogP contribution >= 0.6 is 0 Å². The van der Waals surface area contributed by atoms with Crippen molar-refractivity contribution in [2.24, 2.45) is 5.73 Å². The van der Waals surface area contributed by atoms with Gasteiger partial charge in [0.1, 0.15) is 0 Å². The smallest absolute Gasteiger partial charge is 0.223 e. The third-order valence-electron chi connectivity index (χ3n) is 2.21. The molecule has 13 heavy (non-hydrogen) atoms. The Kier molecular flexibility index (Phi) is 2.28. The Morgan fingerprint density at radius 1 is 1.62 bits per heavy atom. The number of hydrogen-bond acceptors (Lipinski definition) is 5. The zero-order valence-electron chi connectivity index (χ0n) is 7.56. The maximum absolute atomic E-state index is 5.90. The highest BCUT2D eigenvalue weighted by Gasteiger charge is 2.27. The molecule has 1 aromatic rings. The van der Waals surface area contributed by atoms with Gasteiger partial charge in [-0.15, -0.1) is 0 Å². The van der Waals surface area contributed by atoms with Gasteiger partial charge in [-0.05, 0) is 12.8 Å². The first-order chi connectivity index (χ1) is 6.27. The predicted molar refractivity (Wildman–Crippen MR) is 44.9 cm³/mol. The first kappa shape index (κ1) is 8.65. The molecule has 2 rings (SSSR count). The van der Waals surface area contributed by atoms with Gasteiger partial charge < -0.3 is 15.0 Å². The first-order valence-corrected chi connectivity index (χ1v) is 4.45. The van der Waals surface area contributed by atoms with Crippen LogP contribution in [0.25, 0.3) is 0 Å². The summed E-state index contributed by atoms with van der Waals surface area (Å²) >= 11 is 0. The maximum Gasteiger partial charge on any atom is 0.223 e. The largest absolute Gasteiger partial charge is 0.376 e. The number of rotatable bonds is 2. The summed E-state index contributed by atoms with van der Waals surface area (Å²) in [6, 6.07) is -0.250. The molecular weight excluding hydrogens is 170 g/mol. The van der Waals surface area contributed by atoms with E-state index >= 15 is 0 Å². The SMILES string of the molecule is Cc1nc([C@H](N)[C@H]2CCCO2)no1. The van der Waals surface area contributed by atoms with Gasteiger partial charge in [0.2, 0.25) is 5.89 Å². The topological polar surface area (TPSA) is 74.2 Å². The van der Waals surface area contributed by atoms with Crippen molar-refractivity contribution < 1.29 is 9.26 Å². The summed E-state index contributed by atoms with van der Waals surface area (Å²) in [4.78, 5) is 4.07. The molecular formula is C8H13N3O2. The molecule has 1 saturated heterocycles. The van der Waals surface area contributed by atoms with Crippen LogP contribution in [0, 0.1) is 6.92 Å². The summed E-state index contributed by atoms with van der Waals surface area (Å²) in [5, 5.41) is 3.77. The number of ether oxygens (including phenoxy) is 1. The number of nitrogens with zero attached hydrogens (tertiary/aromatic N) is 2. The van der Waals surface area contributed by atoms with E-state index in [1.54, 1.807) is 6.92 Å². The summed E-state index contributed by atoms with van der Waals surface area (Å²) in [5.41, 5.74) is 5.90. The average Bonchev–Trinajstić information content (AvgIpc) is 2.72. The van der Waals surface area contributed by atoms with Gasteiger partial charge in [0.05, 0.1) is 12.1 Å². The van der Waals surface area contributed by atoms with E-state index in [0.717, 1.165) is 19.4 Å². The molecule has 2 N–H and O–H groups in total. The highest BCUT2D eigenvalue weighted by Crippen LogP contribution is 2.22. The minimum Gasteiger partial charge on any atom is -0.376 e. The van der Waals surface area contributed by atoms with Crippen LogP contribution in [0.1, 0.15) is 30.6 Å². The second kappa shape index (κ2) is 3.43. The molecule has 0 radical (unpaired) electrons. The second-order valence-corrected chi connectivity index (χ2v) is 3.25. The Bertz CT molecular complexity index is 281. The molecule has 0 aromatic carbocycles. The molecule has 72 valence electrons. The molecule has 2 atom stereocenters. The van der Waals surface area contributed by atoms with Gasteiger partial charge in [0.15, 0.2) is 5.82 Å². The van der Waals surface area contributed by atoms with Crippen LogP contribution in [0.2, 0.25) is 0 Å². The molecule has 0 saturated carbocycles.